The zero-order valence-corrected chi connectivity index (χ0v) is 21.6. The average Bonchev–Trinajstić information content (AvgIpc) is 3.26. The predicted molar refractivity (Wildman–Crippen MR) is 142 cm³/mol. The maximum atomic E-state index is 13.9. The van der Waals surface area contributed by atoms with Crippen molar-refractivity contribution >= 4 is 22.6 Å². The first-order chi connectivity index (χ1) is 19.4. The summed E-state index contributed by atoms with van der Waals surface area (Å²) in [6, 6.07) is 10.3. The van der Waals surface area contributed by atoms with Gasteiger partial charge in [0.15, 0.2) is 0 Å². The molecule has 1 fully saturated rings. The minimum Gasteiger partial charge on any atom is -0.478 e. The van der Waals surface area contributed by atoms with E-state index in [1.54, 1.807) is 24.4 Å². The summed E-state index contributed by atoms with van der Waals surface area (Å²) in [6.07, 6.45) is 5.53. The van der Waals surface area contributed by atoms with Crippen LogP contribution >= 0.6 is 0 Å². The van der Waals surface area contributed by atoms with Gasteiger partial charge in [0, 0.05) is 37.5 Å². The Balaban J connectivity index is 1.15. The lowest BCUT2D eigenvalue weighted by molar-refractivity contribution is -0.0591. The molecular formula is C29H27F2N5O4. The Morgan fingerprint density at radius 1 is 1.15 bits per heavy atom. The van der Waals surface area contributed by atoms with Gasteiger partial charge in [-0.25, -0.2) is 23.5 Å². The molecule has 4 aromatic rings. The van der Waals surface area contributed by atoms with Crippen molar-refractivity contribution in [2.45, 2.75) is 38.6 Å². The number of fused-ring (bicyclic) bond motifs is 1. The molecule has 40 heavy (non-hydrogen) atoms. The van der Waals surface area contributed by atoms with Crippen molar-refractivity contribution in [3.05, 3.63) is 89.0 Å². The van der Waals surface area contributed by atoms with E-state index in [1.807, 2.05) is 6.07 Å². The molecule has 0 saturated carbocycles. The maximum absolute atomic E-state index is 13.9. The van der Waals surface area contributed by atoms with Gasteiger partial charge in [0.25, 0.3) is 0 Å². The van der Waals surface area contributed by atoms with Crippen molar-refractivity contribution in [1.82, 2.24) is 24.4 Å². The molecule has 9 nitrogen and oxygen atoms in total. The van der Waals surface area contributed by atoms with Gasteiger partial charge in [-0.15, -0.1) is 0 Å². The highest BCUT2D eigenvalue weighted by atomic mass is 19.1. The summed E-state index contributed by atoms with van der Waals surface area (Å²) in [5, 5.41) is 9.47. The molecule has 11 heteroatoms. The van der Waals surface area contributed by atoms with Crippen LogP contribution in [-0.2, 0) is 24.4 Å². The van der Waals surface area contributed by atoms with Gasteiger partial charge in [-0.05, 0) is 54.8 Å². The number of carbonyl (C=O) groups is 1. The molecule has 0 spiro atoms. The molecule has 0 amide bonds. The number of carboxylic acids is 1. The van der Waals surface area contributed by atoms with E-state index in [0.717, 1.165) is 60.2 Å². The number of imidazole rings is 1. The van der Waals surface area contributed by atoms with Crippen molar-refractivity contribution < 1.29 is 28.2 Å². The van der Waals surface area contributed by atoms with Crippen molar-refractivity contribution in [2.75, 3.05) is 19.7 Å². The molecule has 2 aliphatic heterocycles. The molecule has 2 aliphatic rings. The Morgan fingerprint density at radius 3 is 2.75 bits per heavy atom. The van der Waals surface area contributed by atoms with Gasteiger partial charge in [-0.1, -0.05) is 6.08 Å². The van der Waals surface area contributed by atoms with Gasteiger partial charge in [0.05, 0.1) is 41.5 Å². The molecule has 206 valence electrons. The Hall–Kier alpha value is -4.22. The zero-order valence-electron chi connectivity index (χ0n) is 21.6. The van der Waals surface area contributed by atoms with E-state index in [4.69, 9.17) is 14.5 Å². The molecule has 1 saturated heterocycles. The van der Waals surface area contributed by atoms with Crippen molar-refractivity contribution in [2.24, 2.45) is 0 Å². The summed E-state index contributed by atoms with van der Waals surface area (Å²) >= 11 is 0. The van der Waals surface area contributed by atoms with Gasteiger partial charge >= 0.3 is 12.0 Å². The largest absolute Gasteiger partial charge is 0.478 e. The molecule has 1 unspecified atom stereocenters. The van der Waals surface area contributed by atoms with Crippen molar-refractivity contribution in [3.63, 3.8) is 0 Å². The fourth-order valence-electron chi connectivity index (χ4n) is 4.92. The standard InChI is InChI=1S/C29H27F2N5O4/c30-21-3-1-20(23(31)14-21)17-40-29-32-9-5-24(34-29)18-6-10-35(11-7-18)16-27-33-25-4-2-19(28(37)38)13-26(25)36(27)15-22-8-12-39-22/h1-6,9,13-14,22H,7-8,10-12,15-17H2,(H,37,38). The van der Waals surface area contributed by atoms with Crippen LogP contribution in [0.4, 0.5) is 8.78 Å². The van der Waals surface area contributed by atoms with Crippen molar-refractivity contribution in [3.8, 4) is 6.01 Å². The number of carboxylic acid groups (broad SMARTS) is 1. The number of ether oxygens (including phenoxy) is 2. The summed E-state index contributed by atoms with van der Waals surface area (Å²) in [5.41, 5.74) is 3.81. The van der Waals surface area contributed by atoms with Gasteiger partial charge in [-0.3, -0.25) is 4.90 Å². The summed E-state index contributed by atoms with van der Waals surface area (Å²) in [5.74, 6) is -1.42. The second-order valence-electron chi connectivity index (χ2n) is 9.89. The Bertz CT molecular complexity index is 1600. The number of aromatic nitrogens is 4. The third kappa shape index (κ3) is 5.56. The van der Waals surface area contributed by atoms with Gasteiger partial charge < -0.3 is 19.1 Å². The Labute approximate surface area is 228 Å². The molecule has 0 aliphatic carbocycles. The van der Waals surface area contributed by atoms with Crippen LogP contribution < -0.4 is 4.74 Å². The highest BCUT2D eigenvalue weighted by Crippen LogP contribution is 2.26. The summed E-state index contributed by atoms with van der Waals surface area (Å²) in [4.78, 5) is 27.3. The number of halogens is 2. The zero-order chi connectivity index (χ0) is 27.6. The summed E-state index contributed by atoms with van der Waals surface area (Å²) in [7, 11) is 0. The second-order valence-corrected chi connectivity index (χ2v) is 9.89. The minimum atomic E-state index is -0.967. The van der Waals surface area contributed by atoms with Crippen LogP contribution in [-0.4, -0.2) is 61.3 Å². The third-order valence-corrected chi connectivity index (χ3v) is 7.25. The fourth-order valence-corrected chi connectivity index (χ4v) is 4.92. The van der Waals surface area contributed by atoms with Crippen LogP contribution in [0.5, 0.6) is 6.01 Å². The van der Waals surface area contributed by atoms with E-state index in [1.165, 1.54) is 12.1 Å². The van der Waals surface area contributed by atoms with Gasteiger partial charge in [0.2, 0.25) is 0 Å². The maximum Gasteiger partial charge on any atom is 0.335 e. The van der Waals surface area contributed by atoms with E-state index < -0.39 is 17.6 Å². The van der Waals surface area contributed by atoms with E-state index in [0.29, 0.717) is 19.6 Å². The minimum absolute atomic E-state index is 0.103. The molecular weight excluding hydrogens is 520 g/mol. The lowest BCUT2D eigenvalue weighted by atomic mass is 10.0. The number of benzene rings is 2. The van der Waals surface area contributed by atoms with E-state index in [2.05, 4.69) is 25.5 Å². The molecule has 4 heterocycles. The van der Waals surface area contributed by atoms with E-state index in [9.17, 15) is 18.7 Å². The lowest BCUT2D eigenvalue weighted by Crippen LogP contribution is -2.33. The summed E-state index contributed by atoms with van der Waals surface area (Å²) in [6.45, 7) is 3.33. The first kappa shape index (κ1) is 26.0. The van der Waals surface area contributed by atoms with Gasteiger partial charge in [0.1, 0.15) is 24.1 Å². The predicted octanol–water partition coefficient (Wildman–Crippen LogP) is 4.46. The third-order valence-electron chi connectivity index (χ3n) is 7.25. The quantitative estimate of drug-likeness (QED) is 0.328. The summed E-state index contributed by atoms with van der Waals surface area (Å²) < 4.78 is 40.4. The fraction of sp³-hybridized carbons (Fsp3) is 0.310. The van der Waals surface area contributed by atoms with Crippen LogP contribution in [0.1, 0.15) is 40.3 Å². The molecule has 2 aromatic heterocycles. The highest BCUT2D eigenvalue weighted by Gasteiger charge is 2.24. The molecule has 2 aromatic carbocycles. The first-order valence-corrected chi connectivity index (χ1v) is 13.1. The van der Waals surface area contributed by atoms with Crippen LogP contribution in [0.3, 0.4) is 0 Å². The molecule has 6 rings (SSSR count). The second kappa shape index (κ2) is 11.1. The van der Waals surface area contributed by atoms with Crippen LogP contribution in [0.15, 0.2) is 54.7 Å². The number of nitrogens with zero attached hydrogens (tertiary/aromatic N) is 5. The SMILES string of the molecule is O=C(O)c1ccc2nc(CN3CC=C(c4ccnc(OCc5ccc(F)cc5F)n4)CC3)n(CC3CCO3)c2c1. The molecule has 1 atom stereocenters. The van der Waals surface area contributed by atoms with Crippen molar-refractivity contribution in [1.29, 1.82) is 0 Å². The number of aromatic carboxylic acids is 1. The number of hydrogen-bond acceptors (Lipinski definition) is 7. The monoisotopic (exact) mass is 547 g/mol. The topological polar surface area (TPSA) is 103 Å². The van der Waals surface area contributed by atoms with Crippen LogP contribution in [0, 0.1) is 11.6 Å². The number of hydrogen-bond donors (Lipinski definition) is 1. The highest BCUT2D eigenvalue weighted by molar-refractivity contribution is 5.92. The average molecular weight is 548 g/mol. The van der Waals surface area contributed by atoms with E-state index >= 15 is 0 Å². The molecule has 0 bridgehead atoms. The van der Waals surface area contributed by atoms with Crippen LogP contribution in [0.2, 0.25) is 0 Å². The molecule has 1 N–H and O–H groups in total. The Morgan fingerprint density at radius 2 is 2.02 bits per heavy atom. The normalized spacial score (nSPS) is 17.4. The number of rotatable bonds is 9. The smallest absolute Gasteiger partial charge is 0.335 e. The van der Waals surface area contributed by atoms with Gasteiger partial charge in [-0.2, -0.15) is 4.98 Å². The Kier molecular flexibility index (Phi) is 7.23. The molecule has 0 radical (unpaired) electrons. The lowest BCUT2D eigenvalue weighted by Gasteiger charge is -2.29. The van der Waals surface area contributed by atoms with Crippen LogP contribution in [0.25, 0.3) is 16.6 Å². The first-order valence-electron chi connectivity index (χ1n) is 13.1. The van der Waals surface area contributed by atoms with E-state index in [-0.39, 0.29) is 29.8 Å².